The minimum absolute atomic E-state index is 0. The molecule has 2 aromatic carbocycles. The Morgan fingerprint density at radius 1 is 1.00 bits per heavy atom. The van der Waals surface area contributed by atoms with E-state index in [2.05, 4.69) is 70.7 Å². The molecular formula is C29H39ClN6O2. The van der Waals surface area contributed by atoms with E-state index in [0.717, 1.165) is 66.4 Å². The van der Waals surface area contributed by atoms with E-state index in [1.807, 2.05) is 6.92 Å². The van der Waals surface area contributed by atoms with Gasteiger partial charge in [-0.25, -0.2) is 0 Å². The summed E-state index contributed by atoms with van der Waals surface area (Å²) in [6.45, 7) is 7.68. The second kappa shape index (κ2) is 12.7. The molecule has 0 spiro atoms. The maximum absolute atomic E-state index is 5.94. The predicted molar refractivity (Wildman–Crippen MR) is 153 cm³/mol. The number of hydrogen-bond donors (Lipinski definition) is 0. The van der Waals surface area contributed by atoms with Gasteiger partial charge in [-0.3, -0.25) is 4.99 Å². The van der Waals surface area contributed by atoms with E-state index in [1.165, 1.54) is 24.8 Å². The number of ether oxygens (including phenoxy) is 2. The molecule has 2 aliphatic rings. The summed E-state index contributed by atoms with van der Waals surface area (Å²) in [7, 11) is 3.89. The van der Waals surface area contributed by atoms with Crippen LogP contribution < -0.4 is 9.47 Å². The van der Waals surface area contributed by atoms with Gasteiger partial charge in [-0.05, 0) is 56.3 Å². The van der Waals surface area contributed by atoms with Crippen LogP contribution in [0.4, 0.5) is 0 Å². The number of likely N-dealkylation sites (N-methyl/N-ethyl adjacent to an activating group) is 1. The molecular weight excluding hydrogens is 500 g/mol. The Balaban J connectivity index is 0.00000336. The van der Waals surface area contributed by atoms with Crippen molar-refractivity contribution < 1.29 is 9.47 Å². The average molecular weight is 539 g/mol. The van der Waals surface area contributed by atoms with Crippen molar-refractivity contribution in [1.29, 1.82) is 0 Å². The van der Waals surface area contributed by atoms with Gasteiger partial charge in [0.1, 0.15) is 0 Å². The molecule has 204 valence electrons. The van der Waals surface area contributed by atoms with E-state index in [0.29, 0.717) is 18.3 Å². The Bertz CT molecular complexity index is 1240. The Morgan fingerprint density at radius 3 is 2.53 bits per heavy atom. The number of hydrogen-bond acceptors (Lipinski definition) is 7. The van der Waals surface area contributed by atoms with Crippen molar-refractivity contribution in [3.8, 4) is 22.9 Å². The quantitative estimate of drug-likeness (QED) is 0.322. The molecule has 0 saturated carbocycles. The second-order valence-electron chi connectivity index (χ2n) is 10.1. The van der Waals surface area contributed by atoms with E-state index in [-0.39, 0.29) is 18.4 Å². The Kier molecular flexibility index (Phi) is 9.39. The van der Waals surface area contributed by atoms with Crippen molar-refractivity contribution in [2.45, 2.75) is 64.5 Å². The van der Waals surface area contributed by atoms with Gasteiger partial charge in [-0.1, -0.05) is 50.5 Å². The lowest BCUT2D eigenvalue weighted by Gasteiger charge is -2.39. The number of tetrazole rings is 1. The molecule has 38 heavy (non-hydrogen) atoms. The number of aliphatic imine (C=N–C) groups is 1. The van der Waals surface area contributed by atoms with E-state index >= 15 is 0 Å². The maximum atomic E-state index is 5.94. The van der Waals surface area contributed by atoms with Crippen LogP contribution in [0.2, 0.25) is 0 Å². The van der Waals surface area contributed by atoms with Crippen LogP contribution in [0.25, 0.3) is 11.4 Å². The molecule has 0 N–H and O–H groups in total. The number of likely N-dealkylation sites (tertiary alicyclic amines) is 1. The molecule has 8 nitrogen and oxygen atoms in total. The number of fused-ring (bicyclic) bond motifs is 3. The number of nitrogens with zero attached hydrogens (tertiary/aromatic N) is 6. The number of methoxy groups -OCH3 is 1. The van der Waals surface area contributed by atoms with Gasteiger partial charge in [-0.2, -0.15) is 4.80 Å². The summed E-state index contributed by atoms with van der Waals surface area (Å²) in [6.07, 6.45) is 5.78. The predicted octanol–water partition coefficient (Wildman–Crippen LogP) is 5.39. The lowest BCUT2D eigenvalue weighted by Crippen LogP contribution is -2.41. The van der Waals surface area contributed by atoms with Crippen molar-refractivity contribution in [3.63, 3.8) is 0 Å². The highest BCUT2D eigenvalue weighted by Crippen LogP contribution is 2.42. The molecule has 1 fully saturated rings. The third-order valence-electron chi connectivity index (χ3n) is 7.45. The van der Waals surface area contributed by atoms with Gasteiger partial charge in [0.05, 0.1) is 32.0 Å². The molecule has 0 amide bonds. The van der Waals surface area contributed by atoms with Crippen LogP contribution in [0.15, 0.2) is 41.4 Å². The molecule has 2 atom stereocenters. The number of benzene rings is 2. The highest BCUT2D eigenvalue weighted by molar-refractivity contribution is 6.15. The second-order valence-corrected chi connectivity index (χ2v) is 10.1. The maximum Gasteiger partial charge on any atom is 0.204 e. The molecule has 5 rings (SSSR count). The minimum atomic E-state index is 0. The number of aromatic nitrogens is 4. The van der Waals surface area contributed by atoms with Gasteiger partial charge in [0, 0.05) is 29.2 Å². The molecule has 0 unspecified atom stereocenters. The molecule has 1 aromatic heterocycles. The van der Waals surface area contributed by atoms with E-state index in [1.54, 1.807) is 11.9 Å². The fourth-order valence-electron chi connectivity index (χ4n) is 5.45. The average Bonchev–Trinajstić information content (AvgIpc) is 3.40. The summed E-state index contributed by atoms with van der Waals surface area (Å²) in [4.78, 5) is 9.41. The van der Waals surface area contributed by atoms with Crippen molar-refractivity contribution in [2.75, 3.05) is 33.9 Å². The van der Waals surface area contributed by atoms with E-state index in [9.17, 15) is 0 Å². The van der Waals surface area contributed by atoms with Gasteiger partial charge in [0.2, 0.25) is 5.82 Å². The zero-order valence-corrected chi connectivity index (χ0v) is 23.7. The summed E-state index contributed by atoms with van der Waals surface area (Å²) in [5, 5.41) is 13.1. The summed E-state index contributed by atoms with van der Waals surface area (Å²) in [5.41, 5.74) is 5.48. The van der Waals surface area contributed by atoms with Gasteiger partial charge < -0.3 is 14.4 Å². The smallest absolute Gasteiger partial charge is 0.204 e. The summed E-state index contributed by atoms with van der Waals surface area (Å²) < 4.78 is 11.7. The molecule has 3 heterocycles. The van der Waals surface area contributed by atoms with Crippen molar-refractivity contribution in [2.24, 2.45) is 4.99 Å². The first kappa shape index (κ1) is 28.0. The first-order valence-electron chi connectivity index (χ1n) is 13.6. The van der Waals surface area contributed by atoms with Crippen LogP contribution in [0, 0.1) is 0 Å². The van der Waals surface area contributed by atoms with Gasteiger partial charge in [-0.15, -0.1) is 22.6 Å². The third kappa shape index (κ3) is 5.86. The zero-order chi connectivity index (χ0) is 25.8. The van der Waals surface area contributed by atoms with Crippen LogP contribution in [-0.4, -0.2) is 70.7 Å². The third-order valence-corrected chi connectivity index (χ3v) is 7.45. The van der Waals surface area contributed by atoms with Crippen molar-refractivity contribution in [3.05, 3.63) is 53.1 Å². The van der Waals surface area contributed by atoms with E-state index < -0.39 is 0 Å². The van der Waals surface area contributed by atoms with Crippen LogP contribution in [0.3, 0.4) is 0 Å². The zero-order valence-electron chi connectivity index (χ0n) is 22.9. The number of piperidine rings is 1. The van der Waals surface area contributed by atoms with Gasteiger partial charge in [0.15, 0.2) is 11.5 Å². The number of halogens is 1. The lowest BCUT2D eigenvalue weighted by atomic mass is 9.79. The normalized spacial score (nSPS) is 18.7. The summed E-state index contributed by atoms with van der Waals surface area (Å²) in [5.74, 6) is 2.55. The fraction of sp³-hybridized carbons (Fsp3) is 0.517. The number of unbranched alkanes of at least 4 members (excludes halogenated alkanes) is 3. The van der Waals surface area contributed by atoms with Gasteiger partial charge >= 0.3 is 0 Å². The highest BCUT2D eigenvalue weighted by Gasteiger charge is 2.36. The lowest BCUT2D eigenvalue weighted by molar-refractivity contribution is 0.226. The van der Waals surface area contributed by atoms with E-state index in [4.69, 9.17) is 14.5 Å². The molecule has 3 aromatic rings. The Labute approximate surface area is 231 Å². The highest BCUT2D eigenvalue weighted by atomic mass is 35.5. The minimum Gasteiger partial charge on any atom is -0.493 e. The first-order valence-corrected chi connectivity index (χ1v) is 13.6. The fourth-order valence-corrected chi connectivity index (χ4v) is 5.45. The number of rotatable bonds is 10. The molecule has 9 heteroatoms. The molecule has 0 bridgehead atoms. The standard InChI is InChI=1S/C29H38N6O2.ClH/c1-5-7-8-9-15-35-32-29(31-33-35)21-12-10-20(11-13-21)28-23-18-26(36-4)27(37-6-2)17-22(23)24-19-34(3)16-14-25(24)30-28;/h10-13,17-18,24-25H,5-9,14-16,19H2,1-4H3;1H/t24-,25-;/m0./s1. The summed E-state index contributed by atoms with van der Waals surface area (Å²) in [6, 6.07) is 12.9. The van der Waals surface area contributed by atoms with Gasteiger partial charge in [0.25, 0.3) is 0 Å². The molecule has 0 aliphatic carbocycles. The van der Waals surface area contributed by atoms with Crippen molar-refractivity contribution in [1.82, 2.24) is 25.1 Å². The monoisotopic (exact) mass is 538 g/mol. The molecule has 1 saturated heterocycles. The molecule has 2 aliphatic heterocycles. The Hall–Kier alpha value is -2.97. The topological polar surface area (TPSA) is 77.7 Å². The van der Waals surface area contributed by atoms with Crippen molar-refractivity contribution >= 4 is 18.1 Å². The summed E-state index contributed by atoms with van der Waals surface area (Å²) >= 11 is 0. The Morgan fingerprint density at radius 2 is 1.79 bits per heavy atom. The van der Waals surface area contributed by atoms with Crippen LogP contribution in [-0.2, 0) is 6.54 Å². The number of aryl methyl sites for hydroxylation is 1. The largest absolute Gasteiger partial charge is 0.493 e. The first-order chi connectivity index (χ1) is 18.1. The SMILES string of the molecule is CCCCCCn1nnc(-c2ccc(C3=N[C@H]4CCN(C)C[C@H]4c4cc(OCC)c(OC)cc43)cc2)n1.Cl. The van der Waals surface area contributed by atoms with Crippen LogP contribution in [0.1, 0.15) is 68.6 Å². The molecule has 0 radical (unpaired) electrons. The van der Waals surface area contributed by atoms with Crippen LogP contribution >= 0.6 is 12.4 Å². The van der Waals surface area contributed by atoms with Crippen LogP contribution in [0.5, 0.6) is 11.5 Å².